The predicted octanol–water partition coefficient (Wildman–Crippen LogP) is -4.87. The molecule has 0 saturated carbocycles. The van der Waals surface area contributed by atoms with Crippen LogP contribution in [-0.2, 0) is 33.2 Å². The van der Waals surface area contributed by atoms with Crippen molar-refractivity contribution in [3.05, 3.63) is 29.8 Å². The van der Waals surface area contributed by atoms with Crippen LogP contribution in [0.5, 0.6) is 11.5 Å². The molecule has 0 amide bonds. The SMILES string of the molecule is C[C@@H]1O[C@@H](O[C@@H]2[C@@H](O)[C@H](O)O[C@H](CO[C@@H]3O[C@H](CO)[C@H](O)[C@H](O)[C@H]3O)[C@H]2OC(=O)/C=C/c2ccc(O)c(O)c2)[C@H](O)[C@H](O)[C@H]1O. The molecular formula is C27H38O18. The Labute approximate surface area is 255 Å². The fourth-order valence-corrected chi connectivity index (χ4v) is 5.00. The first kappa shape index (κ1) is 35.3. The van der Waals surface area contributed by atoms with Crippen molar-refractivity contribution in [3.63, 3.8) is 0 Å². The lowest BCUT2D eigenvalue weighted by molar-refractivity contribution is -0.359. The maximum Gasteiger partial charge on any atom is 0.331 e. The quantitative estimate of drug-likeness (QED) is 0.0678. The van der Waals surface area contributed by atoms with E-state index in [0.717, 1.165) is 12.1 Å². The zero-order valence-electron chi connectivity index (χ0n) is 23.7. The summed E-state index contributed by atoms with van der Waals surface area (Å²) in [5, 5.41) is 111. The van der Waals surface area contributed by atoms with E-state index in [1.807, 2.05) is 0 Å². The Kier molecular flexibility index (Phi) is 11.7. The Balaban J connectivity index is 1.57. The fourth-order valence-electron chi connectivity index (χ4n) is 5.00. The molecule has 18 nitrogen and oxygen atoms in total. The topological polar surface area (TPSA) is 295 Å². The van der Waals surface area contributed by atoms with Gasteiger partial charge in [-0.25, -0.2) is 4.79 Å². The molecule has 3 saturated heterocycles. The van der Waals surface area contributed by atoms with Crippen molar-refractivity contribution in [1.29, 1.82) is 0 Å². The van der Waals surface area contributed by atoms with Crippen LogP contribution in [0.15, 0.2) is 24.3 Å². The van der Waals surface area contributed by atoms with E-state index in [0.29, 0.717) is 0 Å². The van der Waals surface area contributed by atoms with Crippen LogP contribution < -0.4 is 0 Å². The molecule has 3 heterocycles. The second-order valence-corrected chi connectivity index (χ2v) is 10.9. The van der Waals surface area contributed by atoms with Gasteiger partial charge in [-0.3, -0.25) is 0 Å². The largest absolute Gasteiger partial charge is 0.504 e. The summed E-state index contributed by atoms with van der Waals surface area (Å²) in [5.41, 5.74) is 0.271. The highest BCUT2D eigenvalue weighted by molar-refractivity contribution is 5.87. The lowest BCUT2D eigenvalue weighted by Crippen LogP contribution is -2.65. The summed E-state index contributed by atoms with van der Waals surface area (Å²) in [5.74, 6) is -1.95. The van der Waals surface area contributed by atoms with Gasteiger partial charge in [-0.05, 0) is 30.7 Å². The van der Waals surface area contributed by atoms with Crippen LogP contribution in [0, 0.1) is 0 Å². The Bertz CT molecular complexity index is 1160. The number of aliphatic hydroxyl groups excluding tert-OH is 9. The number of phenolic OH excluding ortho intramolecular Hbond substituents is 2. The molecule has 0 unspecified atom stereocenters. The highest BCUT2D eigenvalue weighted by Gasteiger charge is 2.52. The molecule has 45 heavy (non-hydrogen) atoms. The Morgan fingerprint density at radius 3 is 2.11 bits per heavy atom. The van der Waals surface area contributed by atoms with E-state index in [-0.39, 0.29) is 5.56 Å². The van der Waals surface area contributed by atoms with Gasteiger partial charge >= 0.3 is 5.97 Å². The summed E-state index contributed by atoms with van der Waals surface area (Å²) in [4.78, 5) is 12.9. The fraction of sp³-hybridized carbons (Fsp3) is 0.667. The van der Waals surface area contributed by atoms with Crippen LogP contribution in [-0.4, -0.2) is 167 Å². The molecule has 11 N–H and O–H groups in total. The van der Waals surface area contributed by atoms with Crippen molar-refractivity contribution >= 4 is 12.0 Å². The van der Waals surface area contributed by atoms with Crippen molar-refractivity contribution in [3.8, 4) is 11.5 Å². The minimum absolute atomic E-state index is 0.271. The lowest BCUT2D eigenvalue weighted by atomic mass is 9.96. The maximum atomic E-state index is 12.9. The second-order valence-electron chi connectivity index (χ2n) is 10.9. The molecule has 1 aromatic rings. The Hall–Kier alpha value is -2.53. The highest BCUT2D eigenvalue weighted by Crippen LogP contribution is 2.32. The molecule has 3 aliphatic rings. The standard InChI is InChI=1S/C27H38O18/c1-9-16(32)18(34)21(37)27(41-9)45-24-22(38)25(39)42-14(8-40-26-20(36)19(35)17(33)13(7-28)43-26)23(24)44-15(31)5-3-10-2-4-11(29)12(30)6-10/h2-6,9,13-14,16-30,32-39H,7-8H2,1H3/b5-3+/t9-,13+,14+,16-,17-,18+,19-,20+,21+,22+,23+,24+,25+,26+,27-/m0/s1. The number of carbonyl (C=O) groups excluding carboxylic acids is 1. The first-order valence-electron chi connectivity index (χ1n) is 13.9. The molecule has 15 atom stereocenters. The molecule has 0 spiro atoms. The highest BCUT2D eigenvalue weighted by atomic mass is 16.7. The van der Waals surface area contributed by atoms with Crippen molar-refractivity contribution in [1.82, 2.24) is 0 Å². The van der Waals surface area contributed by atoms with Crippen LogP contribution in [0.4, 0.5) is 0 Å². The summed E-state index contributed by atoms with van der Waals surface area (Å²) in [6.45, 7) is -0.0722. The Morgan fingerprint density at radius 1 is 0.778 bits per heavy atom. The summed E-state index contributed by atoms with van der Waals surface area (Å²) < 4.78 is 32.8. The third kappa shape index (κ3) is 7.89. The number of aromatic hydroxyl groups is 2. The van der Waals surface area contributed by atoms with Crippen LogP contribution in [0.3, 0.4) is 0 Å². The smallest absolute Gasteiger partial charge is 0.331 e. The van der Waals surface area contributed by atoms with Gasteiger partial charge in [0.05, 0.1) is 19.3 Å². The molecule has 0 aromatic heterocycles. The van der Waals surface area contributed by atoms with Crippen molar-refractivity contribution in [2.75, 3.05) is 13.2 Å². The van der Waals surface area contributed by atoms with Gasteiger partial charge in [0, 0.05) is 6.08 Å². The van der Waals surface area contributed by atoms with E-state index in [9.17, 15) is 61.0 Å². The number of hydrogen-bond donors (Lipinski definition) is 11. The monoisotopic (exact) mass is 650 g/mol. The van der Waals surface area contributed by atoms with Crippen molar-refractivity contribution < 1.29 is 89.4 Å². The lowest BCUT2D eigenvalue weighted by Gasteiger charge is -2.46. The first-order chi connectivity index (χ1) is 21.2. The molecule has 254 valence electrons. The van der Waals surface area contributed by atoms with Gasteiger partial charge in [0.2, 0.25) is 0 Å². The molecule has 0 bridgehead atoms. The van der Waals surface area contributed by atoms with E-state index in [4.69, 9.17) is 28.4 Å². The van der Waals surface area contributed by atoms with Gasteiger partial charge < -0.3 is 84.6 Å². The summed E-state index contributed by atoms with van der Waals surface area (Å²) in [6.07, 6.45) is -23.0. The maximum absolute atomic E-state index is 12.9. The van der Waals surface area contributed by atoms with E-state index in [2.05, 4.69) is 0 Å². The second kappa shape index (κ2) is 14.9. The van der Waals surface area contributed by atoms with Gasteiger partial charge in [-0.1, -0.05) is 6.07 Å². The van der Waals surface area contributed by atoms with Crippen LogP contribution in [0.1, 0.15) is 12.5 Å². The van der Waals surface area contributed by atoms with Gasteiger partial charge in [0.1, 0.15) is 61.0 Å². The predicted molar refractivity (Wildman–Crippen MR) is 143 cm³/mol. The molecule has 3 aliphatic heterocycles. The third-order valence-electron chi connectivity index (χ3n) is 7.67. The summed E-state index contributed by atoms with van der Waals surface area (Å²) in [6, 6.07) is 3.69. The number of phenols is 2. The molecule has 1 aromatic carbocycles. The van der Waals surface area contributed by atoms with E-state index in [1.165, 1.54) is 25.1 Å². The first-order valence-corrected chi connectivity index (χ1v) is 13.9. The van der Waals surface area contributed by atoms with E-state index < -0.39 is 123 Å². The molecular weight excluding hydrogens is 612 g/mol. The number of ether oxygens (including phenoxy) is 6. The van der Waals surface area contributed by atoms with Gasteiger partial charge in [0.25, 0.3) is 0 Å². The summed E-state index contributed by atoms with van der Waals surface area (Å²) in [7, 11) is 0. The zero-order valence-corrected chi connectivity index (χ0v) is 23.7. The van der Waals surface area contributed by atoms with Gasteiger partial charge in [-0.2, -0.15) is 0 Å². The number of carbonyl (C=O) groups is 1. The molecule has 4 rings (SSSR count). The van der Waals surface area contributed by atoms with Crippen LogP contribution in [0.25, 0.3) is 6.08 Å². The van der Waals surface area contributed by atoms with Gasteiger partial charge in [-0.15, -0.1) is 0 Å². The van der Waals surface area contributed by atoms with Crippen molar-refractivity contribution in [2.24, 2.45) is 0 Å². The number of hydrogen-bond acceptors (Lipinski definition) is 18. The number of aliphatic hydroxyl groups is 9. The normalized spacial score (nSPS) is 42.5. The van der Waals surface area contributed by atoms with Crippen LogP contribution in [0.2, 0.25) is 0 Å². The van der Waals surface area contributed by atoms with Crippen LogP contribution >= 0.6 is 0 Å². The van der Waals surface area contributed by atoms with Crippen molar-refractivity contribution in [2.45, 2.75) is 99.0 Å². The molecule has 0 aliphatic carbocycles. The number of rotatable bonds is 9. The minimum Gasteiger partial charge on any atom is -0.504 e. The third-order valence-corrected chi connectivity index (χ3v) is 7.67. The van der Waals surface area contributed by atoms with E-state index >= 15 is 0 Å². The number of benzene rings is 1. The van der Waals surface area contributed by atoms with Gasteiger partial charge in [0.15, 0.2) is 36.5 Å². The minimum atomic E-state index is -2.02. The Morgan fingerprint density at radius 2 is 1.44 bits per heavy atom. The summed E-state index contributed by atoms with van der Waals surface area (Å²) >= 11 is 0. The average molecular weight is 651 g/mol. The molecule has 0 radical (unpaired) electrons. The zero-order chi connectivity index (χ0) is 33.2. The molecule has 3 fully saturated rings. The average Bonchev–Trinajstić information content (AvgIpc) is 3.01. The number of esters is 1. The van der Waals surface area contributed by atoms with E-state index in [1.54, 1.807) is 0 Å². The molecule has 18 heteroatoms.